The first-order valence-corrected chi connectivity index (χ1v) is 8.69. The number of aliphatic imine (C=N–C) groups is 1. The average Bonchev–Trinajstić information content (AvgIpc) is 3.27. The van der Waals surface area contributed by atoms with E-state index in [0.29, 0.717) is 18.2 Å². The Kier molecular flexibility index (Phi) is 7.39. The average molecular weight is 433 g/mol. The molecule has 1 amide bonds. The van der Waals surface area contributed by atoms with Gasteiger partial charge in [-0.05, 0) is 29.3 Å². The van der Waals surface area contributed by atoms with Crippen molar-refractivity contribution >= 4 is 53.7 Å². The molecule has 1 aliphatic rings. The second-order valence-corrected chi connectivity index (χ2v) is 6.39. The maximum atomic E-state index is 12.6. The van der Waals surface area contributed by atoms with Crippen molar-refractivity contribution in [1.82, 2.24) is 20.4 Å². The highest BCUT2D eigenvalue weighted by Gasteiger charge is 2.28. The number of nitrogens with zero attached hydrogens (tertiary/aromatic N) is 3. The molecule has 2 aromatic carbocycles. The zero-order chi connectivity index (χ0) is 18.8. The summed E-state index contributed by atoms with van der Waals surface area (Å²) in [6, 6.07) is 15.6. The van der Waals surface area contributed by atoms with E-state index in [9.17, 15) is 4.79 Å². The number of amides is 1. The van der Waals surface area contributed by atoms with Gasteiger partial charge in [0.25, 0.3) is 5.91 Å². The number of carbonyl (C=O) groups excluding carboxylic acids is 1. The van der Waals surface area contributed by atoms with Gasteiger partial charge >= 0.3 is 0 Å². The molecule has 29 heavy (non-hydrogen) atoms. The molecule has 152 valence electrons. The minimum Gasteiger partial charge on any atom is -0.347 e. The Morgan fingerprint density at radius 3 is 2.69 bits per heavy atom. The predicted octanol–water partition coefficient (Wildman–Crippen LogP) is 2.87. The summed E-state index contributed by atoms with van der Waals surface area (Å²) in [4.78, 5) is 18.6. The number of aromatic nitrogens is 2. The largest absolute Gasteiger partial charge is 0.347 e. The van der Waals surface area contributed by atoms with Crippen LogP contribution < -0.4 is 11.1 Å². The van der Waals surface area contributed by atoms with E-state index in [4.69, 9.17) is 5.73 Å². The zero-order valence-corrected chi connectivity index (χ0v) is 17.3. The van der Waals surface area contributed by atoms with Crippen molar-refractivity contribution in [3.8, 4) is 0 Å². The van der Waals surface area contributed by atoms with Gasteiger partial charge in [0.2, 0.25) is 5.96 Å². The van der Waals surface area contributed by atoms with Crippen molar-refractivity contribution in [2.45, 2.75) is 6.04 Å². The van der Waals surface area contributed by atoms with Gasteiger partial charge in [-0.1, -0.05) is 36.4 Å². The molecule has 1 aliphatic heterocycles. The number of fused-ring (bicyclic) bond motifs is 1. The molecule has 0 unspecified atom stereocenters. The van der Waals surface area contributed by atoms with Crippen LogP contribution in [0, 0.1) is 0 Å². The maximum absolute atomic E-state index is 12.6. The van der Waals surface area contributed by atoms with Crippen molar-refractivity contribution in [2.24, 2.45) is 10.7 Å². The molecule has 7 nitrogen and oxygen atoms in total. The van der Waals surface area contributed by atoms with Crippen LogP contribution in [0.2, 0.25) is 0 Å². The van der Waals surface area contributed by atoms with Gasteiger partial charge in [0.05, 0.1) is 17.8 Å². The van der Waals surface area contributed by atoms with Crippen LogP contribution in [0.15, 0.2) is 65.4 Å². The van der Waals surface area contributed by atoms with E-state index < -0.39 is 0 Å². The first-order valence-electron chi connectivity index (χ1n) is 8.69. The molecule has 0 fully saturated rings. The lowest BCUT2D eigenvalue weighted by molar-refractivity contribution is -0.121. The number of aromatic amines is 1. The number of hydrogen-bond donors (Lipinski definition) is 3. The number of hydrogen-bond acceptors (Lipinski definition) is 5. The highest BCUT2D eigenvalue weighted by atomic mass is 35.5. The second kappa shape index (κ2) is 9.56. The summed E-state index contributed by atoms with van der Waals surface area (Å²) in [5.74, 6) is 0.337. The fraction of sp³-hybridized carbons (Fsp3) is 0.150. The van der Waals surface area contributed by atoms with Crippen molar-refractivity contribution < 1.29 is 4.79 Å². The SMILES string of the molecule is CN1C(=O)/C(=C/c2ccc3[nH]ncc3c2)N=C1N[C@@H](CN)c1ccccc1.Cl.Cl. The standard InChI is InChI=1S/C20H20N6O.2ClH/c1-26-19(27)17(10-13-7-8-16-15(9-13)12-22-25-16)23-20(26)24-18(11-21)14-5-3-2-4-6-14;;/h2-10,12,18H,11,21H2,1H3,(H,22,25)(H,23,24);2*1H/b17-10-;;/t18-;;/m0../s1. The Morgan fingerprint density at radius 2 is 1.97 bits per heavy atom. The molecule has 0 spiro atoms. The van der Waals surface area contributed by atoms with Crippen LogP contribution in [0.25, 0.3) is 17.0 Å². The number of likely N-dealkylation sites (N-methyl/N-ethyl adjacent to an activating group) is 1. The molecule has 0 aliphatic carbocycles. The Bertz CT molecular complexity index is 1050. The fourth-order valence-electron chi connectivity index (χ4n) is 3.06. The first-order chi connectivity index (χ1) is 13.2. The summed E-state index contributed by atoms with van der Waals surface area (Å²) in [6.07, 6.45) is 3.53. The molecule has 1 aromatic heterocycles. The molecule has 0 saturated heterocycles. The Hall–Kier alpha value is -2.87. The lowest BCUT2D eigenvalue weighted by Gasteiger charge is -2.21. The predicted molar refractivity (Wildman–Crippen MR) is 120 cm³/mol. The number of halogens is 2. The van der Waals surface area contributed by atoms with Crippen molar-refractivity contribution in [1.29, 1.82) is 0 Å². The summed E-state index contributed by atoms with van der Waals surface area (Å²) in [6.45, 7) is 0.390. The van der Waals surface area contributed by atoms with E-state index in [2.05, 4.69) is 20.5 Å². The highest BCUT2D eigenvalue weighted by Crippen LogP contribution is 2.21. The lowest BCUT2D eigenvalue weighted by Crippen LogP contribution is -2.42. The quantitative estimate of drug-likeness (QED) is 0.551. The van der Waals surface area contributed by atoms with Gasteiger partial charge in [0.15, 0.2) is 0 Å². The summed E-state index contributed by atoms with van der Waals surface area (Å²) in [5, 5.41) is 11.2. The van der Waals surface area contributed by atoms with Crippen LogP contribution >= 0.6 is 24.8 Å². The first kappa shape index (κ1) is 22.4. The van der Waals surface area contributed by atoms with Gasteiger partial charge in [0, 0.05) is 19.0 Å². The Morgan fingerprint density at radius 1 is 1.21 bits per heavy atom. The summed E-state index contributed by atoms with van der Waals surface area (Å²) in [5.41, 5.74) is 9.19. The van der Waals surface area contributed by atoms with E-state index in [1.54, 1.807) is 19.3 Å². The van der Waals surface area contributed by atoms with E-state index >= 15 is 0 Å². The summed E-state index contributed by atoms with van der Waals surface area (Å²) < 4.78 is 0. The third-order valence-electron chi connectivity index (χ3n) is 4.58. The van der Waals surface area contributed by atoms with E-state index in [0.717, 1.165) is 22.0 Å². The number of carbonyl (C=O) groups is 1. The molecule has 0 radical (unpaired) electrons. The monoisotopic (exact) mass is 432 g/mol. The van der Waals surface area contributed by atoms with Gasteiger partial charge < -0.3 is 11.1 Å². The van der Waals surface area contributed by atoms with Gasteiger partial charge in [0.1, 0.15) is 5.70 Å². The zero-order valence-electron chi connectivity index (χ0n) is 15.7. The van der Waals surface area contributed by atoms with Crippen molar-refractivity contribution in [3.05, 3.63) is 71.6 Å². The van der Waals surface area contributed by atoms with Crippen molar-refractivity contribution in [2.75, 3.05) is 13.6 Å². The molecule has 2 heterocycles. The van der Waals surface area contributed by atoms with Gasteiger partial charge in [-0.2, -0.15) is 5.10 Å². The maximum Gasteiger partial charge on any atom is 0.279 e. The number of nitrogens with one attached hydrogen (secondary N) is 2. The second-order valence-electron chi connectivity index (χ2n) is 6.39. The fourth-order valence-corrected chi connectivity index (χ4v) is 3.06. The minimum absolute atomic E-state index is 0. The molecule has 0 bridgehead atoms. The molecular weight excluding hydrogens is 411 g/mol. The van der Waals surface area contributed by atoms with Crippen molar-refractivity contribution in [3.63, 3.8) is 0 Å². The smallest absolute Gasteiger partial charge is 0.279 e. The number of nitrogens with two attached hydrogens (primary N) is 1. The molecule has 4 N–H and O–H groups in total. The highest BCUT2D eigenvalue weighted by molar-refractivity contribution is 6.13. The number of benzene rings is 2. The van der Waals surface area contributed by atoms with Crippen LogP contribution in [0.1, 0.15) is 17.2 Å². The van der Waals surface area contributed by atoms with Crippen LogP contribution in [0.5, 0.6) is 0 Å². The van der Waals surface area contributed by atoms with Gasteiger partial charge in [-0.15, -0.1) is 24.8 Å². The Labute approximate surface area is 180 Å². The summed E-state index contributed by atoms with van der Waals surface area (Å²) in [7, 11) is 1.70. The normalized spacial score (nSPS) is 15.7. The minimum atomic E-state index is -0.159. The third-order valence-corrected chi connectivity index (χ3v) is 4.58. The number of rotatable bonds is 4. The van der Waals surface area contributed by atoms with E-state index in [1.807, 2.05) is 48.5 Å². The van der Waals surface area contributed by atoms with Crippen LogP contribution in [0.3, 0.4) is 0 Å². The Balaban J connectivity index is 0.00000150. The molecular formula is C20H22Cl2N6O. The van der Waals surface area contributed by atoms with Crippen LogP contribution in [-0.4, -0.2) is 40.6 Å². The molecule has 3 aromatic rings. The number of H-pyrrole nitrogens is 1. The summed E-state index contributed by atoms with van der Waals surface area (Å²) >= 11 is 0. The number of guanidine groups is 1. The molecule has 9 heteroatoms. The van der Waals surface area contributed by atoms with Crippen LogP contribution in [-0.2, 0) is 4.79 Å². The van der Waals surface area contributed by atoms with Crippen LogP contribution in [0.4, 0.5) is 0 Å². The molecule has 0 saturated carbocycles. The van der Waals surface area contributed by atoms with Gasteiger partial charge in [-0.25, -0.2) is 4.99 Å². The third kappa shape index (κ3) is 4.59. The van der Waals surface area contributed by atoms with Gasteiger partial charge in [-0.3, -0.25) is 14.8 Å². The lowest BCUT2D eigenvalue weighted by atomic mass is 10.1. The van der Waals surface area contributed by atoms with E-state index in [1.165, 1.54) is 4.90 Å². The topological polar surface area (TPSA) is 99.4 Å². The molecule has 1 atom stereocenters. The molecule has 4 rings (SSSR count). The van der Waals surface area contributed by atoms with E-state index in [-0.39, 0.29) is 36.8 Å².